The predicted octanol–water partition coefficient (Wildman–Crippen LogP) is 3.09. The lowest BCUT2D eigenvalue weighted by molar-refractivity contribution is -0.155. The van der Waals surface area contributed by atoms with Crippen molar-refractivity contribution in [1.29, 1.82) is 5.41 Å². The molecule has 0 saturated heterocycles. The Labute approximate surface area is 117 Å². The summed E-state index contributed by atoms with van der Waals surface area (Å²) >= 11 is 0. The molecule has 0 spiro atoms. The number of hydrogen-bond donors (Lipinski definition) is 2. The number of nitrogens with one attached hydrogen (secondary N) is 1. The first kappa shape index (κ1) is 16.8. The maximum atomic E-state index is 14.7. The Morgan fingerprint density at radius 3 is 2.09 bits per heavy atom. The van der Waals surface area contributed by atoms with Crippen LogP contribution < -0.4 is 5.73 Å². The predicted molar refractivity (Wildman–Crippen MR) is 56.6 cm³/mol. The molecule has 0 aromatic carbocycles. The van der Waals surface area contributed by atoms with Gasteiger partial charge in [-0.3, -0.25) is 11.1 Å². The molecule has 0 amide bonds. The van der Waals surface area contributed by atoms with E-state index in [0.717, 1.165) is 0 Å². The van der Waals surface area contributed by atoms with Gasteiger partial charge in [-0.15, -0.1) is 0 Å². The second-order valence-corrected chi connectivity index (χ2v) is 4.90. The van der Waals surface area contributed by atoms with Gasteiger partial charge < -0.3 is 0 Å². The van der Waals surface area contributed by atoms with Crippen LogP contribution in [-0.2, 0) is 0 Å². The Balaban J connectivity index is 2.85. The van der Waals surface area contributed by atoms with Crippen LogP contribution in [0.15, 0.2) is 23.8 Å². The molecule has 4 atom stereocenters. The molecule has 0 aromatic rings. The number of allylic oxidation sites excluding steroid dienone is 3. The van der Waals surface area contributed by atoms with Gasteiger partial charge in [-0.25, -0.2) is 17.6 Å². The molecule has 1 fully saturated rings. The van der Waals surface area contributed by atoms with Crippen molar-refractivity contribution in [1.82, 2.24) is 0 Å². The van der Waals surface area contributed by atoms with Crippen molar-refractivity contribution < 1.29 is 39.5 Å². The highest BCUT2D eigenvalue weighted by molar-refractivity contribution is 5.99. The minimum atomic E-state index is -6.04. The van der Waals surface area contributed by atoms with Gasteiger partial charge in [0.1, 0.15) is 0 Å². The fraction of sp³-hybridized carbons (Fsp3) is 0.545. The highest BCUT2D eigenvalue weighted by Gasteiger charge is 2.90. The first-order valence-electron chi connectivity index (χ1n) is 5.60. The van der Waals surface area contributed by atoms with Gasteiger partial charge in [0.25, 0.3) is 11.5 Å². The van der Waals surface area contributed by atoms with E-state index >= 15 is 0 Å². The van der Waals surface area contributed by atoms with E-state index in [9.17, 15) is 39.5 Å². The third kappa shape index (κ3) is 1.49. The van der Waals surface area contributed by atoms with Gasteiger partial charge in [0.2, 0.25) is 5.67 Å². The third-order valence-corrected chi connectivity index (χ3v) is 3.74. The number of rotatable bonds is 1. The molecule has 2 aliphatic carbocycles. The Bertz CT molecular complexity index is 591. The van der Waals surface area contributed by atoms with E-state index in [1.165, 1.54) is 0 Å². The van der Waals surface area contributed by atoms with Crippen LogP contribution in [0.1, 0.15) is 0 Å². The lowest BCUT2D eigenvalue weighted by Crippen LogP contribution is -2.71. The standard InChI is InChI=1S/C11H7F9N2/c12-5-3-1-2-4-7(5,13)8(14,6(21)10(17,18)19)11(20,22)9(4,15)16/h1-3,5,21H,22H2. The van der Waals surface area contributed by atoms with E-state index < -0.39 is 46.7 Å². The van der Waals surface area contributed by atoms with Gasteiger partial charge in [-0.05, 0) is 6.08 Å². The lowest BCUT2D eigenvalue weighted by atomic mass is 9.76. The Morgan fingerprint density at radius 1 is 1.14 bits per heavy atom. The maximum absolute atomic E-state index is 14.7. The minimum Gasteiger partial charge on any atom is -0.297 e. The molecular formula is C11H7F9N2. The molecule has 0 aromatic heterocycles. The van der Waals surface area contributed by atoms with Crippen LogP contribution in [0, 0.1) is 5.41 Å². The van der Waals surface area contributed by atoms with Crippen molar-refractivity contribution in [2.75, 3.05) is 0 Å². The smallest absolute Gasteiger partial charge is 0.297 e. The Hall–Kier alpha value is -1.52. The second-order valence-electron chi connectivity index (χ2n) is 4.90. The molecule has 0 bridgehead atoms. The minimum absolute atomic E-state index is 0.0439. The summed E-state index contributed by atoms with van der Waals surface area (Å²) in [6.07, 6.45) is -8.81. The highest BCUT2D eigenvalue weighted by Crippen LogP contribution is 2.65. The van der Waals surface area contributed by atoms with Crippen LogP contribution in [-0.4, -0.2) is 41.1 Å². The van der Waals surface area contributed by atoms with E-state index in [-0.39, 0.29) is 12.2 Å². The van der Waals surface area contributed by atoms with Crippen LogP contribution in [0.5, 0.6) is 0 Å². The van der Waals surface area contributed by atoms with E-state index in [4.69, 9.17) is 5.41 Å². The summed E-state index contributed by atoms with van der Waals surface area (Å²) in [5.41, 5.74) is -11.5. The van der Waals surface area contributed by atoms with Crippen LogP contribution >= 0.6 is 0 Å². The Kier molecular flexibility index (Phi) is 3.11. The van der Waals surface area contributed by atoms with Gasteiger partial charge in [-0.2, -0.15) is 22.0 Å². The van der Waals surface area contributed by atoms with Gasteiger partial charge in [0.15, 0.2) is 11.9 Å². The number of nitrogens with two attached hydrogens (primary N) is 1. The molecule has 0 aliphatic heterocycles. The molecule has 22 heavy (non-hydrogen) atoms. The van der Waals surface area contributed by atoms with Crippen LogP contribution in [0.3, 0.4) is 0 Å². The van der Waals surface area contributed by atoms with E-state index in [1.54, 1.807) is 0 Å². The van der Waals surface area contributed by atoms with E-state index in [2.05, 4.69) is 5.73 Å². The molecule has 0 heterocycles. The molecule has 2 nitrogen and oxygen atoms in total. The van der Waals surface area contributed by atoms with Crippen molar-refractivity contribution in [3.63, 3.8) is 0 Å². The van der Waals surface area contributed by atoms with Crippen LogP contribution in [0.4, 0.5) is 39.5 Å². The van der Waals surface area contributed by atoms with Gasteiger partial charge in [0.05, 0.1) is 0 Å². The van der Waals surface area contributed by atoms with Crippen molar-refractivity contribution in [2.24, 2.45) is 5.73 Å². The van der Waals surface area contributed by atoms with Crippen molar-refractivity contribution in [2.45, 2.75) is 35.4 Å². The zero-order valence-corrected chi connectivity index (χ0v) is 10.3. The SMILES string of the molecule is N=C(C(F)(F)F)C1(F)C2(F)C(=CC=CC2F)C(F)(F)C1(N)F. The number of hydrogen-bond acceptors (Lipinski definition) is 2. The molecular weight excluding hydrogens is 331 g/mol. The molecule has 3 N–H and O–H groups in total. The van der Waals surface area contributed by atoms with Gasteiger partial charge in [-0.1, -0.05) is 12.2 Å². The summed E-state index contributed by atoms with van der Waals surface area (Å²) < 4.78 is 122. The van der Waals surface area contributed by atoms with Gasteiger partial charge >= 0.3 is 12.1 Å². The number of alkyl halides is 9. The third-order valence-electron chi connectivity index (χ3n) is 3.74. The quantitative estimate of drug-likeness (QED) is 0.431. The first-order chi connectivity index (χ1) is 9.66. The zero-order valence-electron chi connectivity index (χ0n) is 10.3. The molecule has 1 saturated carbocycles. The summed E-state index contributed by atoms with van der Waals surface area (Å²) in [6, 6.07) is 0. The average Bonchev–Trinajstić information content (AvgIpc) is 2.46. The molecule has 11 heteroatoms. The molecule has 124 valence electrons. The summed E-state index contributed by atoms with van der Waals surface area (Å²) in [4.78, 5) is 0. The first-order valence-corrected chi connectivity index (χ1v) is 5.60. The van der Waals surface area contributed by atoms with Crippen molar-refractivity contribution >= 4 is 5.71 Å². The highest BCUT2D eigenvalue weighted by atomic mass is 19.4. The lowest BCUT2D eigenvalue weighted by Gasteiger charge is -2.39. The summed E-state index contributed by atoms with van der Waals surface area (Å²) in [7, 11) is 0. The zero-order chi connectivity index (χ0) is 17.4. The normalized spacial score (nSPS) is 43.7. The molecule has 2 rings (SSSR count). The summed E-state index contributed by atoms with van der Waals surface area (Å²) in [5.74, 6) is -10.6. The van der Waals surface area contributed by atoms with E-state index in [0.29, 0.717) is 6.08 Å². The largest absolute Gasteiger partial charge is 0.432 e. The van der Waals surface area contributed by atoms with Crippen molar-refractivity contribution in [3.8, 4) is 0 Å². The second kappa shape index (κ2) is 4.06. The maximum Gasteiger partial charge on any atom is 0.432 e. The molecule has 0 radical (unpaired) electrons. The topological polar surface area (TPSA) is 49.9 Å². The average molecular weight is 338 g/mol. The van der Waals surface area contributed by atoms with E-state index in [1.807, 2.05) is 0 Å². The fourth-order valence-electron chi connectivity index (χ4n) is 2.60. The molecule has 4 unspecified atom stereocenters. The van der Waals surface area contributed by atoms with Crippen LogP contribution in [0.25, 0.3) is 0 Å². The van der Waals surface area contributed by atoms with Crippen molar-refractivity contribution in [3.05, 3.63) is 23.8 Å². The fourth-order valence-corrected chi connectivity index (χ4v) is 2.60. The number of fused-ring (bicyclic) bond motifs is 1. The summed E-state index contributed by atoms with van der Waals surface area (Å²) in [5, 5.41) is 6.59. The van der Waals surface area contributed by atoms with Crippen LogP contribution in [0.2, 0.25) is 0 Å². The van der Waals surface area contributed by atoms with Gasteiger partial charge in [0, 0.05) is 5.57 Å². The Morgan fingerprint density at radius 2 is 1.64 bits per heavy atom. The summed E-state index contributed by atoms with van der Waals surface area (Å²) in [6.45, 7) is 0. The molecule has 2 aliphatic rings. The monoisotopic (exact) mass is 338 g/mol. The number of halogens is 9.